The van der Waals surface area contributed by atoms with E-state index >= 15 is 0 Å². The van der Waals surface area contributed by atoms with Crippen molar-refractivity contribution in [3.63, 3.8) is 0 Å². The summed E-state index contributed by atoms with van der Waals surface area (Å²) < 4.78 is 5.27. The van der Waals surface area contributed by atoms with Gasteiger partial charge in [0.05, 0.1) is 6.61 Å². The maximum absolute atomic E-state index is 5.27. The van der Waals surface area contributed by atoms with Crippen LogP contribution in [0, 0.1) is 5.92 Å². The maximum Gasteiger partial charge on any atom is 0.0507 e. The van der Waals surface area contributed by atoms with Crippen molar-refractivity contribution in [3.8, 4) is 0 Å². The van der Waals surface area contributed by atoms with Gasteiger partial charge >= 0.3 is 0 Å². The van der Waals surface area contributed by atoms with Crippen molar-refractivity contribution in [3.05, 3.63) is 0 Å². The molecule has 0 aromatic rings. The molecule has 0 bridgehead atoms. The van der Waals surface area contributed by atoms with E-state index in [4.69, 9.17) is 4.74 Å². The third-order valence-corrected chi connectivity index (χ3v) is 2.30. The standard InChI is InChI=1S/C8H15NO/c1-2-8(1)9-5-7-3-4-10-6-7/h7-9H,1-6H2. The zero-order valence-corrected chi connectivity index (χ0v) is 6.31. The zero-order valence-electron chi connectivity index (χ0n) is 6.31. The van der Waals surface area contributed by atoms with Gasteiger partial charge in [0.15, 0.2) is 0 Å². The highest BCUT2D eigenvalue weighted by Crippen LogP contribution is 2.20. The average Bonchev–Trinajstić information content (AvgIpc) is 2.63. The van der Waals surface area contributed by atoms with Crippen LogP contribution in [0.2, 0.25) is 0 Å². The summed E-state index contributed by atoms with van der Waals surface area (Å²) in [6.45, 7) is 3.15. The minimum absolute atomic E-state index is 0.806. The summed E-state index contributed by atoms with van der Waals surface area (Å²) in [5.41, 5.74) is 0. The molecular weight excluding hydrogens is 126 g/mol. The van der Waals surface area contributed by atoms with Crippen LogP contribution in [0.1, 0.15) is 19.3 Å². The lowest BCUT2D eigenvalue weighted by Gasteiger charge is -2.06. The lowest BCUT2D eigenvalue weighted by Crippen LogP contribution is -2.24. The number of hydrogen-bond acceptors (Lipinski definition) is 2. The molecule has 0 aromatic carbocycles. The van der Waals surface area contributed by atoms with Crippen molar-refractivity contribution in [2.24, 2.45) is 5.92 Å². The molecule has 2 rings (SSSR count). The largest absolute Gasteiger partial charge is 0.381 e. The van der Waals surface area contributed by atoms with Gasteiger partial charge in [0.25, 0.3) is 0 Å². The summed E-state index contributed by atoms with van der Waals surface area (Å²) in [4.78, 5) is 0. The second kappa shape index (κ2) is 2.89. The highest BCUT2D eigenvalue weighted by molar-refractivity contribution is 4.82. The fourth-order valence-corrected chi connectivity index (χ4v) is 1.37. The van der Waals surface area contributed by atoms with E-state index < -0.39 is 0 Å². The summed E-state index contributed by atoms with van der Waals surface area (Å²) in [6.07, 6.45) is 4.06. The Morgan fingerprint density at radius 2 is 2.20 bits per heavy atom. The predicted octanol–water partition coefficient (Wildman–Crippen LogP) is 0.775. The van der Waals surface area contributed by atoms with Crippen LogP contribution in [-0.4, -0.2) is 25.8 Å². The molecule has 0 spiro atoms. The second-order valence-corrected chi connectivity index (χ2v) is 3.41. The van der Waals surface area contributed by atoms with Crippen LogP contribution in [0.4, 0.5) is 0 Å². The monoisotopic (exact) mass is 141 g/mol. The Balaban J connectivity index is 1.59. The Morgan fingerprint density at radius 1 is 1.30 bits per heavy atom. The van der Waals surface area contributed by atoms with E-state index in [1.165, 1.54) is 25.8 Å². The third kappa shape index (κ3) is 1.70. The number of ether oxygens (including phenoxy) is 1. The van der Waals surface area contributed by atoms with Crippen molar-refractivity contribution in [1.29, 1.82) is 0 Å². The maximum atomic E-state index is 5.27. The summed E-state index contributed by atoms with van der Waals surface area (Å²) in [6, 6.07) is 0.862. The zero-order chi connectivity index (χ0) is 6.81. The minimum atomic E-state index is 0.806. The molecule has 1 aliphatic carbocycles. The van der Waals surface area contributed by atoms with Crippen molar-refractivity contribution < 1.29 is 4.74 Å². The summed E-state index contributed by atoms with van der Waals surface area (Å²) in [5.74, 6) is 0.806. The third-order valence-electron chi connectivity index (χ3n) is 2.30. The Hall–Kier alpha value is -0.0800. The Labute approximate surface area is 61.9 Å². The molecule has 1 N–H and O–H groups in total. The molecule has 1 aliphatic heterocycles. The summed E-state index contributed by atoms with van der Waals surface area (Å²) >= 11 is 0. The van der Waals surface area contributed by atoms with Gasteiger partial charge in [0.1, 0.15) is 0 Å². The van der Waals surface area contributed by atoms with Gasteiger partial charge in [-0.3, -0.25) is 0 Å². The Bertz CT molecular complexity index is 106. The smallest absolute Gasteiger partial charge is 0.0507 e. The molecule has 2 aliphatic rings. The second-order valence-electron chi connectivity index (χ2n) is 3.41. The average molecular weight is 141 g/mol. The summed E-state index contributed by atoms with van der Waals surface area (Å²) in [7, 11) is 0. The van der Waals surface area contributed by atoms with Crippen LogP contribution >= 0.6 is 0 Å². The molecule has 58 valence electrons. The van der Waals surface area contributed by atoms with Crippen molar-refractivity contribution >= 4 is 0 Å². The first-order valence-corrected chi connectivity index (χ1v) is 4.26. The van der Waals surface area contributed by atoms with Gasteiger partial charge in [0, 0.05) is 19.2 Å². The van der Waals surface area contributed by atoms with E-state index in [1.54, 1.807) is 0 Å². The molecule has 10 heavy (non-hydrogen) atoms. The first kappa shape index (κ1) is 6.62. The van der Waals surface area contributed by atoms with Gasteiger partial charge in [-0.15, -0.1) is 0 Å². The molecule has 1 atom stereocenters. The molecule has 2 heteroatoms. The normalized spacial score (nSPS) is 33.0. The van der Waals surface area contributed by atoms with E-state index in [0.29, 0.717) is 0 Å². The van der Waals surface area contributed by atoms with E-state index in [-0.39, 0.29) is 0 Å². The van der Waals surface area contributed by atoms with Gasteiger partial charge in [0.2, 0.25) is 0 Å². The van der Waals surface area contributed by atoms with E-state index in [1.807, 2.05) is 0 Å². The quantitative estimate of drug-likeness (QED) is 0.627. The molecular formula is C8H15NO. The number of nitrogens with one attached hydrogen (secondary N) is 1. The highest BCUT2D eigenvalue weighted by atomic mass is 16.5. The van der Waals surface area contributed by atoms with Gasteiger partial charge in [-0.25, -0.2) is 0 Å². The molecule has 1 saturated carbocycles. The lowest BCUT2D eigenvalue weighted by atomic mass is 10.1. The lowest BCUT2D eigenvalue weighted by molar-refractivity contribution is 0.185. The van der Waals surface area contributed by atoms with Crippen LogP contribution in [0.15, 0.2) is 0 Å². The fraction of sp³-hybridized carbons (Fsp3) is 1.00. The van der Waals surface area contributed by atoms with Crippen LogP contribution in [-0.2, 0) is 4.74 Å². The fourth-order valence-electron chi connectivity index (χ4n) is 1.37. The number of hydrogen-bond donors (Lipinski definition) is 1. The van der Waals surface area contributed by atoms with Crippen molar-refractivity contribution in [2.45, 2.75) is 25.3 Å². The Kier molecular flexibility index (Phi) is 1.91. The first-order chi connectivity index (χ1) is 4.95. The van der Waals surface area contributed by atoms with Gasteiger partial charge in [-0.1, -0.05) is 0 Å². The molecule has 0 radical (unpaired) electrons. The highest BCUT2D eigenvalue weighted by Gasteiger charge is 2.23. The van der Waals surface area contributed by atoms with Crippen LogP contribution < -0.4 is 5.32 Å². The molecule has 1 unspecified atom stereocenters. The first-order valence-electron chi connectivity index (χ1n) is 4.26. The SMILES string of the molecule is C1CC(CNC2CC2)CO1. The van der Waals surface area contributed by atoms with Crippen LogP contribution in [0.5, 0.6) is 0 Å². The Morgan fingerprint density at radius 3 is 2.80 bits per heavy atom. The van der Waals surface area contributed by atoms with Crippen LogP contribution in [0.25, 0.3) is 0 Å². The van der Waals surface area contributed by atoms with Crippen molar-refractivity contribution in [2.75, 3.05) is 19.8 Å². The predicted molar refractivity (Wildman–Crippen MR) is 40.0 cm³/mol. The van der Waals surface area contributed by atoms with Gasteiger partial charge in [-0.2, -0.15) is 0 Å². The topological polar surface area (TPSA) is 21.3 Å². The molecule has 2 nitrogen and oxygen atoms in total. The van der Waals surface area contributed by atoms with Gasteiger partial charge in [-0.05, 0) is 25.2 Å². The number of rotatable bonds is 3. The minimum Gasteiger partial charge on any atom is -0.381 e. The molecule has 1 heterocycles. The molecule has 0 amide bonds. The molecule has 0 aromatic heterocycles. The van der Waals surface area contributed by atoms with Gasteiger partial charge < -0.3 is 10.1 Å². The molecule has 1 saturated heterocycles. The van der Waals surface area contributed by atoms with Crippen molar-refractivity contribution in [1.82, 2.24) is 5.32 Å². The van der Waals surface area contributed by atoms with E-state index in [2.05, 4.69) is 5.32 Å². The molecule has 2 fully saturated rings. The summed E-state index contributed by atoms with van der Waals surface area (Å²) in [5, 5.41) is 3.52. The van der Waals surface area contributed by atoms with E-state index in [0.717, 1.165) is 25.2 Å². The van der Waals surface area contributed by atoms with Crippen LogP contribution in [0.3, 0.4) is 0 Å². The van der Waals surface area contributed by atoms with E-state index in [9.17, 15) is 0 Å².